The van der Waals surface area contributed by atoms with Gasteiger partial charge >= 0.3 is 0 Å². The average molecular weight is 456 g/mol. The largest absolute Gasteiger partial charge is 0.486 e. The Kier molecular flexibility index (Phi) is 5.68. The molecular formula is C25H26F2N2O4. The molecule has 2 heterocycles. The molecule has 8 heteroatoms. The van der Waals surface area contributed by atoms with Gasteiger partial charge in [0.15, 0.2) is 11.5 Å². The van der Waals surface area contributed by atoms with Crippen molar-refractivity contribution in [1.82, 2.24) is 5.32 Å². The summed E-state index contributed by atoms with van der Waals surface area (Å²) < 4.78 is 38.6. The first-order chi connectivity index (χ1) is 15.9. The Bertz CT molecular complexity index is 1060. The Morgan fingerprint density at radius 3 is 2.45 bits per heavy atom. The van der Waals surface area contributed by atoms with Crippen LogP contribution in [0.3, 0.4) is 0 Å². The highest BCUT2D eigenvalue weighted by Crippen LogP contribution is 2.44. The molecule has 3 aliphatic rings. The molecule has 2 aliphatic heterocycles. The molecule has 174 valence electrons. The number of amides is 2. The second-order valence-corrected chi connectivity index (χ2v) is 9.02. The summed E-state index contributed by atoms with van der Waals surface area (Å²) in [6.45, 7) is 1.70. The van der Waals surface area contributed by atoms with Crippen LogP contribution in [0, 0.1) is 17.6 Å². The molecule has 1 aliphatic carbocycles. The second kappa shape index (κ2) is 8.65. The number of hydrogen-bond donors (Lipinski definition) is 1. The van der Waals surface area contributed by atoms with E-state index in [4.69, 9.17) is 9.47 Å². The maximum Gasteiger partial charge on any atom is 0.239 e. The summed E-state index contributed by atoms with van der Waals surface area (Å²) in [6, 6.07) is 8.93. The number of carbonyl (C=O) groups is 2. The van der Waals surface area contributed by atoms with Crippen LogP contribution >= 0.6 is 0 Å². The van der Waals surface area contributed by atoms with E-state index >= 15 is 0 Å². The SMILES string of the molecule is O=C(NCC1(c2ccc3c(c2)OCCO3)CCCC1)C1CCN(c2cc(F)cc(F)c2)C1=O. The summed E-state index contributed by atoms with van der Waals surface area (Å²) in [6.07, 6.45) is 4.29. The van der Waals surface area contributed by atoms with Crippen molar-refractivity contribution in [2.45, 2.75) is 37.5 Å². The predicted molar refractivity (Wildman–Crippen MR) is 117 cm³/mol. The fourth-order valence-corrected chi connectivity index (χ4v) is 5.25. The van der Waals surface area contributed by atoms with Crippen molar-refractivity contribution >= 4 is 17.5 Å². The van der Waals surface area contributed by atoms with Crippen LogP contribution in [0.25, 0.3) is 0 Å². The maximum atomic E-state index is 13.6. The minimum Gasteiger partial charge on any atom is -0.486 e. The number of fused-ring (bicyclic) bond motifs is 1. The molecule has 33 heavy (non-hydrogen) atoms. The quantitative estimate of drug-likeness (QED) is 0.697. The molecule has 1 atom stereocenters. The number of rotatable bonds is 5. The number of ether oxygens (including phenoxy) is 2. The van der Waals surface area contributed by atoms with Crippen LogP contribution in [0.4, 0.5) is 14.5 Å². The standard InChI is InChI=1S/C25H26F2N2O4/c26-17-12-18(27)14-19(13-17)29-8-5-20(24(29)31)23(30)28-15-25(6-1-2-7-25)16-3-4-21-22(11-16)33-10-9-32-21/h3-4,11-14,20H,1-2,5-10,15H2,(H,28,30). The number of nitrogens with zero attached hydrogens (tertiary/aromatic N) is 1. The lowest BCUT2D eigenvalue weighted by Crippen LogP contribution is -2.43. The fraction of sp³-hybridized carbons (Fsp3) is 0.440. The molecule has 0 spiro atoms. The van der Waals surface area contributed by atoms with Crippen LogP contribution in [0.5, 0.6) is 11.5 Å². The Labute approximate surface area is 190 Å². The lowest BCUT2D eigenvalue weighted by molar-refractivity contribution is -0.132. The molecule has 2 amide bonds. The van der Waals surface area contributed by atoms with Crippen LogP contribution in [0.15, 0.2) is 36.4 Å². The highest BCUT2D eigenvalue weighted by Gasteiger charge is 2.41. The second-order valence-electron chi connectivity index (χ2n) is 9.02. The molecule has 6 nitrogen and oxygen atoms in total. The molecule has 1 saturated carbocycles. The first kappa shape index (κ1) is 21.7. The normalized spacial score (nSPS) is 21.3. The van der Waals surface area contributed by atoms with Crippen LogP contribution in [0.2, 0.25) is 0 Å². The molecule has 2 aromatic rings. The zero-order valence-corrected chi connectivity index (χ0v) is 18.2. The zero-order valence-electron chi connectivity index (χ0n) is 18.2. The van der Waals surface area contributed by atoms with Gasteiger partial charge in [0.1, 0.15) is 30.8 Å². The average Bonchev–Trinajstić information content (AvgIpc) is 3.44. The van der Waals surface area contributed by atoms with Crippen molar-refractivity contribution in [2.75, 3.05) is 31.2 Å². The third-order valence-corrected chi connectivity index (χ3v) is 7.00. The van der Waals surface area contributed by atoms with Gasteiger partial charge in [-0.15, -0.1) is 0 Å². The van der Waals surface area contributed by atoms with Gasteiger partial charge in [-0.1, -0.05) is 18.9 Å². The molecular weight excluding hydrogens is 430 g/mol. The molecule has 1 saturated heterocycles. The van der Waals surface area contributed by atoms with Gasteiger partial charge in [0.2, 0.25) is 11.8 Å². The minimum absolute atomic E-state index is 0.136. The van der Waals surface area contributed by atoms with E-state index in [1.165, 1.54) is 4.90 Å². The van der Waals surface area contributed by atoms with Gasteiger partial charge in [0, 0.05) is 30.3 Å². The Balaban J connectivity index is 1.29. The number of anilines is 1. The number of halogens is 2. The monoisotopic (exact) mass is 456 g/mol. The van der Waals surface area contributed by atoms with Gasteiger partial charge in [-0.3, -0.25) is 9.59 Å². The first-order valence-electron chi connectivity index (χ1n) is 11.4. The summed E-state index contributed by atoms with van der Waals surface area (Å²) >= 11 is 0. The van der Waals surface area contributed by atoms with E-state index in [1.807, 2.05) is 18.2 Å². The summed E-state index contributed by atoms with van der Waals surface area (Å²) in [5.74, 6) is -1.70. The number of benzene rings is 2. The van der Waals surface area contributed by atoms with Crippen LogP contribution in [-0.2, 0) is 15.0 Å². The zero-order chi connectivity index (χ0) is 23.0. The topological polar surface area (TPSA) is 67.9 Å². The van der Waals surface area contributed by atoms with Gasteiger partial charge in [0.25, 0.3) is 0 Å². The van der Waals surface area contributed by atoms with Crippen molar-refractivity contribution in [3.8, 4) is 11.5 Å². The van der Waals surface area contributed by atoms with E-state index in [-0.39, 0.29) is 23.6 Å². The van der Waals surface area contributed by atoms with E-state index in [1.54, 1.807) is 0 Å². The van der Waals surface area contributed by atoms with Gasteiger partial charge in [-0.2, -0.15) is 0 Å². The fourth-order valence-electron chi connectivity index (χ4n) is 5.25. The highest BCUT2D eigenvalue weighted by molar-refractivity contribution is 6.09. The van der Waals surface area contributed by atoms with Gasteiger partial charge in [-0.25, -0.2) is 8.78 Å². The van der Waals surface area contributed by atoms with Crippen molar-refractivity contribution in [3.63, 3.8) is 0 Å². The summed E-state index contributed by atoms with van der Waals surface area (Å²) in [4.78, 5) is 27.1. The van der Waals surface area contributed by atoms with Crippen molar-refractivity contribution in [2.24, 2.45) is 5.92 Å². The lowest BCUT2D eigenvalue weighted by atomic mass is 9.78. The van der Waals surface area contributed by atoms with Crippen LogP contribution in [-0.4, -0.2) is 38.1 Å². The Morgan fingerprint density at radius 1 is 1.03 bits per heavy atom. The first-order valence-corrected chi connectivity index (χ1v) is 11.4. The van der Waals surface area contributed by atoms with Gasteiger partial charge in [0.05, 0.1) is 0 Å². The number of hydrogen-bond acceptors (Lipinski definition) is 4. The van der Waals surface area contributed by atoms with Crippen molar-refractivity contribution in [3.05, 3.63) is 53.6 Å². The van der Waals surface area contributed by atoms with E-state index in [2.05, 4.69) is 5.32 Å². The Hall–Kier alpha value is -3.16. The molecule has 1 unspecified atom stereocenters. The lowest BCUT2D eigenvalue weighted by Gasteiger charge is -2.31. The third kappa shape index (κ3) is 4.14. The molecule has 2 aromatic carbocycles. The molecule has 2 fully saturated rings. The molecule has 5 rings (SSSR count). The summed E-state index contributed by atoms with van der Waals surface area (Å²) in [5, 5.41) is 3.00. The maximum absolute atomic E-state index is 13.6. The third-order valence-electron chi connectivity index (χ3n) is 7.00. The summed E-state index contributed by atoms with van der Waals surface area (Å²) in [5.41, 5.74) is 1.01. The molecule has 0 radical (unpaired) electrons. The smallest absolute Gasteiger partial charge is 0.239 e. The molecule has 0 aromatic heterocycles. The number of nitrogens with one attached hydrogen (secondary N) is 1. The minimum atomic E-state index is -0.866. The van der Waals surface area contributed by atoms with Gasteiger partial charge < -0.3 is 19.7 Å². The highest BCUT2D eigenvalue weighted by atomic mass is 19.1. The van der Waals surface area contributed by atoms with E-state index in [9.17, 15) is 18.4 Å². The predicted octanol–water partition coefficient (Wildman–Crippen LogP) is 3.72. The molecule has 0 bridgehead atoms. The van der Waals surface area contributed by atoms with Crippen molar-refractivity contribution < 1.29 is 27.8 Å². The number of carbonyl (C=O) groups excluding carboxylic acids is 2. The molecule has 1 N–H and O–H groups in total. The van der Waals surface area contributed by atoms with Gasteiger partial charge in [-0.05, 0) is 49.1 Å². The van der Waals surface area contributed by atoms with Crippen LogP contribution < -0.4 is 19.7 Å². The Morgan fingerprint density at radius 2 is 1.73 bits per heavy atom. The van der Waals surface area contributed by atoms with E-state index in [0.29, 0.717) is 26.2 Å². The van der Waals surface area contributed by atoms with Crippen molar-refractivity contribution in [1.29, 1.82) is 0 Å². The summed E-state index contributed by atoms with van der Waals surface area (Å²) in [7, 11) is 0. The van der Waals surface area contributed by atoms with E-state index in [0.717, 1.165) is 60.9 Å². The van der Waals surface area contributed by atoms with Crippen LogP contribution in [0.1, 0.15) is 37.7 Å². The van der Waals surface area contributed by atoms with E-state index < -0.39 is 23.5 Å².